The summed E-state index contributed by atoms with van der Waals surface area (Å²) in [5.74, 6) is 3.23. The van der Waals surface area contributed by atoms with Crippen LogP contribution in [0.1, 0.15) is 130 Å². The van der Waals surface area contributed by atoms with Crippen molar-refractivity contribution in [1.82, 2.24) is 0 Å². The molecule has 0 fully saturated rings. The third-order valence-corrected chi connectivity index (χ3v) is 14.8. The van der Waals surface area contributed by atoms with Gasteiger partial charge in [0.05, 0.1) is 26.4 Å². The lowest BCUT2D eigenvalue weighted by atomic mass is 9.78. The Morgan fingerprint density at radius 1 is 0.230 bits per heavy atom. The molecule has 0 radical (unpaired) electrons. The predicted octanol–water partition coefficient (Wildman–Crippen LogP) is 20.8. The van der Waals surface area contributed by atoms with Gasteiger partial charge in [0.15, 0.2) is 23.0 Å². The Balaban J connectivity index is 1.42. The van der Waals surface area contributed by atoms with E-state index in [1.165, 1.54) is 107 Å². The second-order valence-corrected chi connectivity index (χ2v) is 20.2. The van der Waals surface area contributed by atoms with Crippen LogP contribution in [0.2, 0.25) is 0 Å². The van der Waals surface area contributed by atoms with E-state index in [1.54, 1.807) is 0 Å². The highest BCUT2D eigenvalue weighted by Gasteiger charge is 2.26. The SMILES string of the molecule is CCCCCCOc1cc2c3cc(OCCCCCC)c(OCCCCCC)cc3c3cc4c(-c5ccccc5)c(-c5ccccc5)c(-c5ccccc5)c(-c5ccccc5)c4cc3c2cc1OCCCCCC. The van der Waals surface area contributed by atoms with Crippen LogP contribution in [0.5, 0.6) is 23.0 Å². The van der Waals surface area contributed by atoms with Gasteiger partial charge in [-0.15, -0.1) is 0 Å². The number of fused-ring (bicyclic) bond motifs is 7. The number of hydrogen-bond donors (Lipinski definition) is 0. The second kappa shape index (κ2) is 26.4. The smallest absolute Gasteiger partial charge is 0.161 e. The van der Waals surface area contributed by atoms with E-state index in [9.17, 15) is 0 Å². The molecule has 0 heterocycles. The highest BCUT2D eigenvalue weighted by Crippen LogP contribution is 2.53. The van der Waals surface area contributed by atoms with E-state index >= 15 is 0 Å². The standard InChI is InChI=1S/C70H78O4/c1-5-9-13-29-41-71-63-47-57-55-45-61-62(68(52-35-23-18-24-36-52)70(54-39-27-20-28-40-54)69(53-37-25-19-26-38-53)67(61)51-33-21-17-22-34-51)46-56(55)58-48-64(72-42-30-14-10-6-2)66(74-44-32-16-12-8-4)50-60(58)59(57)49-65(63)73-43-31-15-11-7-3/h17-28,33-40,45-50H,5-16,29-32,41-44H2,1-4H3. The summed E-state index contributed by atoms with van der Waals surface area (Å²) in [6.07, 6.45) is 18.1. The van der Waals surface area contributed by atoms with E-state index in [0.29, 0.717) is 26.4 Å². The maximum Gasteiger partial charge on any atom is 0.161 e. The molecule has 0 N–H and O–H groups in total. The molecule has 0 aliphatic rings. The van der Waals surface area contributed by atoms with E-state index in [1.807, 2.05) is 0 Å². The van der Waals surface area contributed by atoms with Crippen LogP contribution < -0.4 is 18.9 Å². The van der Waals surface area contributed by atoms with Crippen molar-refractivity contribution >= 4 is 43.1 Å². The fourth-order valence-electron chi connectivity index (χ4n) is 10.9. The van der Waals surface area contributed by atoms with E-state index in [0.717, 1.165) is 107 Å². The number of rotatable bonds is 28. The van der Waals surface area contributed by atoms with Crippen LogP contribution in [0.25, 0.3) is 87.6 Å². The van der Waals surface area contributed by atoms with Gasteiger partial charge in [-0.3, -0.25) is 0 Å². The molecule has 0 bridgehead atoms. The number of hydrogen-bond acceptors (Lipinski definition) is 4. The predicted molar refractivity (Wildman–Crippen MR) is 317 cm³/mol. The highest BCUT2D eigenvalue weighted by molar-refractivity contribution is 6.31. The summed E-state index contributed by atoms with van der Waals surface area (Å²) in [5, 5.41) is 9.21. The lowest BCUT2D eigenvalue weighted by Crippen LogP contribution is -2.04. The van der Waals surface area contributed by atoms with Crippen molar-refractivity contribution < 1.29 is 18.9 Å². The molecule has 4 nitrogen and oxygen atoms in total. The Morgan fingerprint density at radius 3 is 0.703 bits per heavy atom. The van der Waals surface area contributed by atoms with Gasteiger partial charge in [-0.2, -0.15) is 0 Å². The van der Waals surface area contributed by atoms with Crippen molar-refractivity contribution in [2.24, 2.45) is 0 Å². The molecule has 0 spiro atoms. The first kappa shape index (κ1) is 52.1. The summed E-state index contributed by atoms with van der Waals surface area (Å²) in [6, 6.07) is 58.3. The number of unbranched alkanes of at least 4 members (excludes halogenated alkanes) is 12. The lowest BCUT2D eigenvalue weighted by Gasteiger charge is -2.25. The lowest BCUT2D eigenvalue weighted by molar-refractivity contribution is 0.259. The van der Waals surface area contributed by atoms with Crippen LogP contribution in [0.4, 0.5) is 0 Å². The molecule has 0 aliphatic carbocycles. The van der Waals surface area contributed by atoms with E-state index < -0.39 is 0 Å². The minimum absolute atomic E-state index is 0.641. The van der Waals surface area contributed by atoms with Crippen molar-refractivity contribution in [2.45, 2.75) is 130 Å². The Kier molecular flexibility index (Phi) is 18.6. The van der Waals surface area contributed by atoms with Crippen LogP contribution in [0.15, 0.2) is 158 Å². The van der Waals surface area contributed by atoms with Gasteiger partial charge in [0.25, 0.3) is 0 Å². The maximum absolute atomic E-state index is 6.86. The highest BCUT2D eigenvalue weighted by atomic mass is 16.5. The van der Waals surface area contributed by atoms with Gasteiger partial charge in [0.2, 0.25) is 0 Å². The minimum atomic E-state index is 0.641. The molecule has 74 heavy (non-hydrogen) atoms. The van der Waals surface area contributed by atoms with Crippen molar-refractivity contribution in [3.63, 3.8) is 0 Å². The molecule has 382 valence electrons. The first-order chi connectivity index (χ1) is 36.6. The molecule has 0 unspecified atom stereocenters. The van der Waals surface area contributed by atoms with Crippen molar-refractivity contribution in [2.75, 3.05) is 26.4 Å². The molecule has 0 saturated carbocycles. The van der Waals surface area contributed by atoms with Crippen LogP contribution in [-0.4, -0.2) is 26.4 Å². The summed E-state index contributed by atoms with van der Waals surface area (Å²) in [4.78, 5) is 0. The second-order valence-electron chi connectivity index (χ2n) is 20.2. The Hall–Kier alpha value is -6.78. The molecule has 0 saturated heterocycles. The fraction of sp³-hybridized carbons (Fsp3) is 0.343. The van der Waals surface area contributed by atoms with Crippen molar-refractivity contribution in [3.05, 3.63) is 158 Å². The van der Waals surface area contributed by atoms with Gasteiger partial charge in [-0.1, -0.05) is 226 Å². The molecule has 9 aromatic carbocycles. The van der Waals surface area contributed by atoms with Crippen LogP contribution in [0, 0.1) is 0 Å². The minimum Gasteiger partial charge on any atom is -0.490 e. The summed E-state index contributed by atoms with van der Waals surface area (Å²) in [5.41, 5.74) is 9.55. The monoisotopic (exact) mass is 983 g/mol. The Morgan fingerprint density at radius 2 is 0.459 bits per heavy atom. The van der Waals surface area contributed by atoms with Crippen LogP contribution in [0.3, 0.4) is 0 Å². The van der Waals surface area contributed by atoms with Crippen LogP contribution >= 0.6 is 0 Å². The molecule has 9 rings (SSSR count). The molecular formula is C70H78O4. The topological polar surface area (TPSA) is 36.9 Å². The summed E-state index contributed by atoms with van der Waals surface area (Å²) < 4.78 is 27.4. The quantitative estimate of drug-likeness (QED) is 0.0278. The van der Waals surface area contributed by atoms with Crippen LogP contribution in [-0.2, 0) is 0 Å². The van der Waals surface area contributed by atoms with Crippen molar-refractivity contribution in [3.8, 4) is 67.5 Å². The van der Waals surface area contributed by atoms with E-state index in [4.69, 9.17) is 18.9 Å². The van der Waals surface area contributed by atoms with Gasteiger partial charge in [-0.05, 0) is 150 Å². The zero-order valence-corrected chi connectivity index (χ0v) is 44.8. The average molecular weight is 983 g/mol. The van der Waals surface area contributed by atoms with Gasteiger partial charge in [0.1, 0.15) is 0 Å². The number of ether oxygens (including phenoxy) is 4. The zero-order chi connectivity index (χ0) is 50.9. The first-order valence-electron chi connectivity index (χ1n) is 28.4. The zero-order valence-electron chi connectivity index (χ0n) is 44.8. The summed E-state index contributed by atoms with van der Waals surface area (Å²) >= 11 is 0. The average Bonchev–Trinajstić information content (AvgIpc) is 3.45. The molecule has 9 aromatic rings. The van der Waals surface area contributed by atoms with Gasteiger partial charge < -0.3 is 18.9 Å². The third-order valence-electron chi connectivity index (χ3n) is 14.8. The number of benzene rings is 9. The molecular weight excluding hydrogens is 905 g/mol. The third kappa shape index (κ3) is 12.1. The van der Waals surface area contributed by atoms with Gasteiger partial charge in [0, 0.05) is 0 Å². The molecule has 0 atom stereocenters. The Bertz CT molecular complexity index is 2980. The Labute approximate surface area is 442 Å². The maximum atomic E-state index is 6.86. The van der Waals surface area contributed by atoms with Gasteiger partial charge in [-0.25, -0.2) is 0 Å². The fourth-order valence-corrected chi connectivity index (χ4v) is 10.9. The normalized spacial score (nSPS) is 11.5. The van der Waals surface area contributed by atoms with E-state index in [2.05, 4.69) is 185 Å². The molecule has 4 heteroatoms. The van der Waals surface area contributed by atoms with Crippen molar-refractivity contribution in [1.29, 1.82) is 0 Å². The molecule has 0 aliphatic heterocycles. The largest absolute Gasteiger partial charge is 0.490 e. The molecule has 0 amide bonds. The summed E-state index contributed by atoms with van der Waals surface area (Å²) in [7, 11) is 0. The summed E-state index contributed by atoms with van der Waals surface area (Å²) in [6.45, 7) is 11.6. The first-order valence-corrected chi connectivity index (χ1v) is 28.4. The van der Waals surface area contributed by atoms with Gasteiger partial charge >= 0.3 is 0 Å². The van der Waals surface area contributed by atoms with E-state index in [-0.39, 0.29) is 0 Å². The molecule has 0 aromatic heterocycles.